The molecule has 20 heteroatoms. The number of aliphatic hydroxyl groups excluding tert-OH is 6. The topological polar surface area (TPSA) is 177 Å². The van der Waals surface area contributed by atoms with Crippen LogP contribution in [0, 0.1) is 50.1 Å². The van der Waals surface area contributed by atoms with Gasteiger partial charge in [-0.1, -0.05) is 42.5 Å². The zero-order chi connectivity index (χ0) is 32.1. The fourth-order valence-corrected chi connectivity index (χ4v) is 2.23. The molecule has 283 valence electrons. The van der Waals surface area contributed by atoms with Gasteiger partial charge in [0.2, 0.25) is 0 Å². The molecule has 2 atom stereocenters. The van der Waals surface area contributed by atoms with Crippen LogP contribution in [0.15, 0.2) is 0 Å². The van der Waals surface area contributed by atoms with Crippen molar-refractivity contribution in [2.24, 2.45) is 21.7 Å². The molecule has 0 saturated heterocycles. The molecule has 0 aliphatic carbocycles. The fraction of sp³-hybridized carbons (Fsp3) is 0.867. The van der Waals surface area contributed by atoms with Crippen LogP contribution in [0.25, 0.3) is 0 Å². The smallest absolute Gasteiger partial charge is 0.0562 e. The third-order valence-corrected chi connectivity index (χ3v) is 5.40. The van der Waals surface area contributed by atoms with Gasteiger partial charge in [-0.15, -0.1) is 0 Å². The Morgan fingerprint density at radius 3 is 0.640 bits per heavy atom. The van der Waals surface area contributed by atoms with Crippen LogP contribution in [0.1, 0.15) is 56.4 Å². The predicted octanol–water partition coefficient (Wildman–Crippen LogP) is 2.50. The Morgan fingerprint density at radius 2 is 0.540 bits per heavy atom. The molecule has 0 aromatic carbocycles. The maximum absolute atomic E-state index is 8.96. The van der Waals surface area contributed by atoms with E-state index in [0.717, 1.165) is 0 Å². The Morgan fingerprint density at radius 1 is 0.380 bits per heavy atom. The van der Waals surface area contributed by atoms with E-state index in [-0.39, 0.29) is 177 Å². The van der Waals surface area contributed by atoms with Gasteiger partial charge in [-0.3, -0.25) is 0 Å². The van der Waals surface area contributed by atoms with Gasteiger partial charge < -0.3 is 59.1 Å². The molecule has 0 aromatic heterocycles. The molecule has 0 heterocycles. The van der Waals surface area contributed by atoms with Crippen molar-refractivity contribution in [2.45, 2.75) is 56.4 Å². The van der Waals surface area contributed by atoms with Crippen LogP contribution in [-0.4, -0.2) is 123 Å². The van der Waals surface area contributed by atoms with Gasteiger partial charge in [0.05, 0.1) is 52.9 Å². The second kappa shape index (κ2) is 56.2. The van der Waals surface area contributed by atoms with E-state index in [4.69, 9.17) is 49.6 Å². The van der Waals surface area contributed by atoms with Crippen LogP contribution < -0.4 is 0 Å². The average Bonchev–Trinajstić information content (AvgIpc) is 2.96. The standard InChI is InChI=1S/2C8H17O3.2C6H13O3.2CH4.5Rf.3Y/c2*1-4-11-7-8(2,5-9)6-10-3;2*1-6(3-7,4-8)5-9-2;;;;;;;;;;/h2*9H,3-7H2,1-2H3;2*7-8H,2-5H2,1H3;2*1H4;;;;;;;;/q4*-1;;;;;;;;;;. The van der Waals surface area contributed by atoms with Crippen LogP contribution in [0.2, 0.25) is 0 Å². The van der Waals surface area contributed by atoms with Crippen molar-refractivity contribution in [2.75, 3.05) is 92.5 Å². The number of aliphatic hydroxyl groups is 6. The SMILES string of the molecule is C.C.[CH2-]OCC(C)(CO)CO.[CH2-]OCC(C)(CO)CO.[CH2-]OCC(C)(CO)COCC.[CH2-]OCC(C)(CO)COCC.[Rf].[Rf].[Rf].[Rf].[Rf].[Y].[Y].[Y]. The normalized spacial score (nSPS) is 11.5. The third kappa shape index (κ3) is 52.6. The van der Waals surface area contributed by atoms with Gasteiger partial charge in [-0.05, 0) is 13.8 Å². The quantitative estimate of drug-likeness (QED) is 0.0986. The zero-order valence-corrected chi connectivity index (χ0v) is 71.6. The van der Waals surface area contributed by atoms with E-state index >= 15 is 0 Å². The summed E-state index contributed by atoms with van der Waals surface area (Å²) in [6.07, 6.45) is 0. The van der Waals surface area contributed by atoms with E-state index in [0.29, 0.717) is 39.6 Å². The molecule has 0 amide bonds. The number of hydrogen-bond acceptors (Lipinski definition) is 12. The second-order valence-electron chi connectivity index (χ2n) is 10.9. The van der Waals surface area contributed by atoms with Gasteiger partial charge in [0.15, 0.2) is 0 Å². The minimum atomic E-state index is -0.540. The largest absolute Gasteiger partial charge is 0.554 e. The molecule has 0 saturated carbocycles. The Hall–Kier alpha value is -2.17. The maximum atomic E-state index is 8.96. The van der Waals surface area contributed by atoms with Crippen LogP contribution in [0.4, 0.5) is 0 Å². The van der Waals surface area contributed by atoms with Crippen molar-refractivity contribution >= 4 is 0 Å². The van der Waals surface area contributed by atoms with E-state index in [1.54, 1.807) is 13.8 Å². The van der Waals surface area contributed by atoms with E-state index < -0.39 is 10.8 Å². The van der Waals surface area contributed by atoms with Crippen molar-refractivity contribution in [3.63, 3.8) is 0 Å². The first kappa shape index (κ1) is 91.7. The molecule has 0 rings (SSSR count). The summed E-state index contributed by atoms with van der Waals surface area (Å²) in [6.45, 7) is 14.6. The Kier molecular flexibility index (Phi) is 103. The average molecular weight is 2220 g/mol. The molecule has 6 N–H and O–H groups in total. The summed E-state index contributed by atoms with van der Waals surface area (Å²) in [4.78, 5) is 0. The fourth-order valence-electron chi connectivity index (χ4n) is 2.23. The first-order valence-corrected chi connectivity index (χ1v) is 13.0. The van der Waals surface area contributed by atoms with Crippen molar-refractivity contribution < 1.29 is 157 Å². The predicted molar refractivity (Wildman–Crippen MR) is 167 cm³/mol. The van der Waals surface area contributed by atoms with Crippen molar-refractivity contribution in [1.82, 2.24) is 0 Å². The monoisotopic (exact) mass is 2220 g/mol. The minimum absolute atomic E-state index is 0. The molecule has 0 aliphatic rings. The van der Waals surface area contributed by atoms with Crippen molar-refractivity contribution in [3.8, 4) is 0 Å². The Labute approximate surface area is 352 Å². The van der Waals surface area contributed by atoms with Crippen LogP contribution in [0.5, 0.6) is 0 Å². The number of hydrogen-bond donors (Lipinski definition) is 6. The summed E-state index contributed by atoms with van der Waals surface area (Å²) >= 11 is 0. The first-order chi connectivity index (χ1) is 18.7. The van der Waals surface area contributed by atoms with Crippen LogP contribution in [0.3, 0.4) is 0 Å². The molecular weight excluding hydrogens is 2150 g/mol. The van der Waals surface area contributed by atoms with Gasteiger partial charge in [0.1, 0.15) is 0 Å². The van der Waals surface area contributed by atoms with Crippen LogP contribution >= 0.6 is 0 Å². The first-order valence-electron chi connectivity index (χ1n) is 13.0. The summed E-state index contributed by atoms with van der Waals surface area (Å²) < 4.78 is 28.8. The molecular formula is C30H68O12Rf5Y3-4. The Balaban J connectivity index is -0.0000000271. The minimum Gasteiger partial charge on any atom is -0.554 e. The van der Waals surface area contributed by atoms with Crippen molar-refractivity contribution in [1.29, 1.82) is 0 Å². The molecule has 2 unspecified atom stereocenters. The second-order valence-corrected chi connectivity index (χ2v) is 10.9. The summed E-state index contributed by atoms with van der Waals surface area (Å²) in [5.41, 5.74) is -1.70. The van der Waals surface area contributed by atoms with Crippen molar-refractivity contribution in [3.05, 3.63) is 28.4 Å². The summed E-state index contributed by atoms with van der Waals surface area (Å²) in [7, 11) is 12.8. The number of rotatable bonds is 20. The summed E-state index contributed by atoms with van der Waals surface area (Å²) in [6, 6.07) is 0. The van der Waals surface area contributed by atoms with Gasteiger partial charge in [-0.2, -0.15) is 0 Å². The Bertz CT molecular complexity index is 500. The van der Waals surface area contributed by atoms with E-state index in [1.165, 1.54) is 0 Å². The molecule has 0 bridgehead atoms. The summed E-state index contributed by atoms with van der Waals surface area (Å²) in [5.74, 6) is 0. The molecule has 0 spiro atoms. The van der Waals surface area contributed by atoms with Gasteiger partial charge in [-0.25, -0.2) is 28.4 Å². The van der Waals surface area contributed by atoms with Gasteiger partial charge in [0.25, 0.3) is 0 Å². The molecule has 0 aromatic rings. The molecule has 0 aliphatic heterocycles. The number of ether oxygens (including phenoxy) is 6. The zero-order valence-electron chi connectivity index (χ0n) is 31.1. The third-order valence-electron chi connectivity index (χ3n) is 5.40. The van der Waals surface area contributed by atoms with E-state index in [9.17, 15) is 0 Å². The molecule has 12 nitrogen and oxygen atoms in total. The van der Waals surface area contributed by atoms with Gasteiger partial charge >= 0.3 is 0 Å². The molecule has 0 fully saturated rings. The van der Waals surface area contributed by atoms with Crippen LogP contribution in [-0.2, 0) is 127 Å². The van der Waals surface area contributed by atoms with E-state index in [1.807, 2.05) is 27.7 Å². The molecule has 50 heavy (non-hydrogen) atoms. The summed E-state index contributed by atoms with van der Waals surface area (Å²) in [5, 5.41) is 52.5. The maximum Gasteiger partial charge on any atom is 0.0562 e. The molecule has 3 radical (unpaired) electrons. The van der Waals surface area contributed by atoms with E-state index in [2.05, 4.69) is 37.9 Å². The van der Waals surface area contributed by atoms with Gasteiger partial charge in [0, 0.05) is 159 Å².